The van der Waals surface area contributed by atoms with Crippen LogP contribution in [0.25, 0.3) is 10.9 Å². The molecule has 0 fully saturated rings. The van der Waals surface area contributed by atoms with Crippen LogP contribution in [-0.2, 0) is 4.79 Å². The molecule has 1 aromatic heterocycles. The van der Waals surface area contributed by atoms with Crippen LogP contribution < -0.4 is 9.47 Å². The molecule has 0 aliphatic carbocycles. The van der Waals surface area contributed by atoms with E-state index in [0.29, 0.717) is 11.5 Å². The van der Waals surface area contributed by atoms with Crippen LogP contribution in [0.1, 0.15) is 18.4 Å². The highest BCUT2D eigenvalue weighted by Gasteiger charge is 2.36. The number of aromatic amines is 1. The normalized spacial score (nSPS) is 21.7. The van der Waals surface area contributed by atoms with Crippen LogP contribution >= 0.6 is 0 Å². The molecule has 94 valence electrons. The summed E-state index contributed by atoms with van der Waals surface area (Å²) in [7, 11) is 1.54. The van der Waals surface area contributed by atoms with Crippen molar-refractivity contribution in [2.45, 2.75) is 18.9 Å². The molecule has 2 atom stereocenters. The molecule has 0 amide bonds. The summed E-state index contributed by atoms with van der Waals surface area (Å²) in [4.78, 5) is 14.4. The van der Waals surface area contributed by atoms with Crippen molar-refractivity contribution in [3.8, 4) is 11.5 Å². The number of carboxylic acids is 1. The standard InChI is InChI=1S/C13H13NO4/c1-6-7-5-14-8-3-4-9(17-2)12(10(7)8)18-11(6)13(15)16/h3-6,11,14H,1-2H3,(H,15,16). The molecule has 0 bridgehead atoms. The first-order valence-electron chi connectivity index (χ1n) is 5.71. The van der Waals surface area contributed by atoms with E-state index < -0.39 is 12.1 Å². The minimum absolute atomic E-state index is 0.198. The highest BCUT2D eigenvalue weighted by atomic mass is 16.5. The molecule has 5 heteroatoms. The van der Waals surface area contributed by atoms with Gasteiger partial charge in [-0.25, -0.2) is 4.79 Å². The average molecular weight is 247 g/mol. The van der Waals surface area contributed by atoms with E-state index in [4.69, 9.17) is 9.47 Å². The van der Waals surface area contributed by atoms with E-state index in [1.807, 2.05) is 19.2 Å². The fourth-order valence-corrected chi connectivity index (χ4v) is 2.49. The monoisotopic (exact) mass is 247 g/mol. The zero-order valence-electron chi connectivity index (χ0n) is 10.1. The van der Waals surface area contributed by atoms with Gasteiger partial charge in [0.05, 0.1) is 7.11 Å². The number of methoxy groups -OCH3 is 1. The number of ether oxygens (including phenoxy) is 2. The Morgan fingerprint density at radius 1 is 1.50 bits per heavy atom. The third-order valence-electron chi connectivity index (χ3n) is 3.45. The first kappa shape index (κ1) is 11.0. The van der Waals surface area contributed by atoms with Crippen molar-refractivity contribution in [3.63, 3.8) is 0 Å². The van der Waals surface area contributed by atoms with Crippen molar-refractivity contribution in [2.24, 2.45) is 0 Å². The minimum atomic E-state index is -0.964. The molecular weight excluding hydrogens is 234 g/mol. The zero-order valence-corrected chi connectivity index (χ0v) is 10.1. The number of hydrogen-bond donors (Lipinski definition) is 2. The Hall–Kier alpha value is -2.17. The summed E-state index contributed by atoms with van der Waals surface area (Å²) in [5.41, 5.74) is 1.88. The first-order valence-corrected chi connectivity index (χ1v) is 5.71. The van der Waals surface area contributed by atoms with E-state index >= 15 is 0 Å². The number of carbonyl (C=O) groups is 1. The largest absolute Gasteiger partial charge is 0.493 e. The van der Waals surface area contributed by atoms with Crippen molar-refractivity contribution >= 4 is 16.9 Å². The van der Waals surface area contributed by atoms with Crippen molar-refractivity contribution in [1.82, 2.24) is 4.98 Å². The fraction of sp³-hybridized carbons (Fsp3) is 0.308. The molecule has 0 spiro atoms. The molecule has 1 aliphatic heterocycles. The Kier molecular flexibility index (Phi) is 2.23. The van der Waals surface area contributed by atoms with Gasteiger partial charge >= 0.3 is 5.97 Å². The van der Waals surface area contributed by atoms with Gasteiger partial charge in [-0.15, -0.1) is 0 Å². The van der Waals surface area contributed by atoms with Gasteiger partial charge in [0, 0.05) is 23.0 Å². The van der Waals surface area contributed by atoms with Gasteiger partial charge in [-0.3, -0.25) is 0 Å². The van der Waals surface area contributed by atoms with E-state index in [9.17, 15) is 9.90 Å². The maximum absolute atomic E-state index is 11.2. The molecular formula is C13H13NO4. The van der Waals surface area contributed by atoms with E-state index in [2.05, 4.69) is 4.98 Å². The molecule has 2 N–H and O–H groups in total. The smallest absolute Gasteiger partial charge is 0.345 e. The van der Waals surface area contributed by atoms with Gasteiger partial charge < -0.3 is 19.6 Å². The molecule has 1 aromatic carbocycles. The van der Waals surface area contributed by atoms with Crippen LogP contribution in [0.15, 0.2) is 18.3 Å². The maximum Gasteiger partial charge on any atom is 0.345 e. The average Bonchev–Trinajstić information content (AvgIpc) is 2.78. The van der Waals surface area contributed by atoms with Crippen molar-refractivity contribution in [1.29, 1.82) is 0 Å². The van der Waals surface area contributed by atoms with Gasteiger partial charge in [0.15, 0.2) is 11.5 Å². The lowest BCUT2D eigenvalue weighted by Gasteiger charge is -2.27. The number of aromatic nitrogens is 1. The van der Waals surface area contributed by atoms with Gasteiger partial charge in [0.1, 0.15) is 0 Å². The van der Waals surface area contributed by atoms with Crippen molar-refractivity contribution in [2.75, 3.05) is 7.11 Å². The lowest BCUT2D eigenvalue weighted by molar-refractivity contribution is -0.146. The number of rotatable bonds is 2. The number of benzene rings is 1. The van der Waals surface area contributed by atoms with Gasteiger partial charge in [-0.1, -0.05) is 6.92 Å². The molecule has 0 saturated carbocycles. The Morgan fingerprint density at radius 2 is 2.28 bits per heavy atom. The van der Waals surface area contributed by atoms with E-state index in [1.165, 1.54) is 0 Å². The lowest BCUT2D eigenvalue weighted by Crippen LogP contribution is -2.34. The molecule has 2 heterocycles. The second-order valence-electron chi connectivity index (χ2n) is 4.43. The highest BCUT2D eigenvalue weighted by molar-refractivity contribution is 5.94. The lowest BCUT2D eigenvalue weighted by atomic mass is 9.92. The summed E-state index contributed by atoms with van der Waals surface area (Å²) < 4.78 is 10.8. The Labute approximate surface area is 103 Å². The minimum Gasteiger partial charge on any atom is -0.493 e. The Morgan fingerprint density at radius 3 is 2.94 bits per heavy atom. The van der Waals surface area contributed by atoms with Crippen LogP contribution in [0.4, 0.5) is 0 Å². The summed E-state index contributed by atoms with van der Waals surface area (Å²) in [5, 5.41) is 10.1. The predicted octanol–water partition coefficient (Wildman–Crippen LogP) is 2.13. The number of aliphatic carboxylic acids is 1. The summed E-state index contributed by atoms with van der Waals surface area (Å²) in [5.74, 6) is -0.0949. The van der Waals surface area contributed by atoms with Crippen molar-refractivity contribution in [3.05, 3.63) is 23.9 Å². The fourth-order valence-electron chi connectivity index (χ4n) is 2.49. The third kappa shape index (κ3) is 1.30. The molecule has 5 nitrogen and oxygen atoms in total. The molecule has 0 saturated heterocycles. The van der Waals surface area contributed by atoms with E-state index in [0.717, 1.165) is 16.5 Å². The van der Waals surface area contributed by atoms with Crippen LogP contribution in [0.2, 0.25) is 0 Å². The Balaban J connectivity index is 2.28. The van der Waals surface area contributed by atoms with Gasteiger partial charge in [-0.05, 0) is 17.7 Å². The number of nitrogens with one attached hydrogen (secondary N) is 1. The van der Waals surface area contributed by atoms with Crippen LogP contribution in [0.5, 0.6) is 11.5 Å². The SMILES string of the molecule is COc1ccc2[nH]cc3c2c1OC(C(=O)O)C3C. The third-order valence-corrected chi connectivity index (χ3v) is 3.45. The number of carboxylic acid groups (broad SMARTS) is 1. The second-order valence-corrected chi connectivity index (χ2v) is 4.43. The highest BCUT2D eigenvalue weighted by Crippen LogP contribution is 2.45. The number of H-pyrrole nitrogens is 1. The predicted molar refractivity (Wildman–Crippen MR) is 65.3 cm³/mol. The molecule has 2 unspecified atom stereocenters. The van der Waals surface area contributed by atoms with Crippen LogP contribution in [0, 0.1) is 0 Å². The number of hydrogen-bond acceptors (Lipinski definition) is 3. The molecule has 2 aromatic rings. The summed E-state index contributed by atoms with van der Waals surface area (Å²) in [6, 6.07) is 3.67. The van der Waals surface area contributed by atoms with Crippen LogP contribution in [-0.4, -0.2) is 29.3 Å². The summed E-state index contributed by atoms with van der Waals surface area (Å²) >= 11 is 0. The van der Waals surface area contributed by atoms with E-state index in [1.54, 1.807) is 13.2 Å². The molecule has 18 heavy (non-hydrogen) atoms. The molecule has 1 aliphatic rings. The summed E-state index contributed by atoms with van der Waals surface area (Å²) in [6.07, 6.45) is 0.962. The summed E-state index contributed by atoms with van der Waals surface area (Å²) in [6.45, 7) is 1.85. The Bertz CT molecular complexity index is 631. The zero-order chi connectivity index (χ0) is 12.9. The second kappa shape index (κ2) is 3.66. The quantitative estimate of drug-likeness (QED) is 0.852. The topological polar surface area (TPSA) is 71.5 Å². The van der Waals surface area contributed by atoms with Gasteiger partial charge in [-0.2, -0.15) is 0 Å². The van der Waals surface area contributed by atoms with Crippen LogP contribution in [0.3, 0.4) is 0 Å². The molecule has 3 rings (SSSR count). The van der Waals surface area contributed by atoms with E-state index in [-0.39, 0.29) is 5.92 Å². The van der Waals surface area contributed by atoms with Gasteiger partial charge in [0.2, 0.25) is 6.10 Å². The van der Waals surface area contributed by atoms with Crippen molar-refractivity contribution < 1.29 is 19.4 Å². The maximum atomic E-state index is 11.2. The van der Waals surface area contributed by atoms with Gasteiger partial charge in [0.25, 0.3) is 0 Å². The molecule has 0 radical (unpaired) electrons. The first-order chi connectivity index (χ1) is 8.63.